The van der Waals surface area contributed by atoms with Crippen LogP contribution in [-0.2, 0) is 16.6 Å². The molecular weight excluding hydrogens is 397 g/mol. The Morgan fingerprint density at radius 1 is 1.04 bits per heavy atom. The number of aromatic nitrogens is 1. The Hall–Kier alpha value is -2.13. The molecule has 0 radical (unpaired) electrons. The second-order valence-electron chi connectivity index (χ2n) is 6.79. The molecule has 0 aliphatic carbocycles. The van der Waals surface area contributed by atoms with Gasteiger partial charge in [-0.15, -0.1) is 11.3 Å². The van der Waals surface area contributed by atoms with Crippen LogP contribution in [0.25, 0.3) is 10.6 Å². The molecule has 28 heavy (non-hydrogen) atoms. The van der Waals surface area contributed by atoms with Gasteiger partial charge in [0.1, 0.15) is 23.1 Å². The second kappa shape index (κ2) is 8.08. The Morgan fingerprint density at radius 2 is 1.71 bits per heavy atom. The molecule has 8 heteroatoms. The van der Waals surface area contributed by atoms with Gasteiger partial charge in [0.05, 0.1) is 31.1 Å². The zero-order valence-electron chi connectivity index (χ0n) is 15.2. The summed E-state index contributed by atoms with van der Waals surface area (Å²) >= 11 is 1.55. The number of rotatable bonds is 5. The number of halogens is 1. The van der Waals surface area contributed by atoms with Crippen molar-refractivity contribution >= 4 is 21.4 Å². The number of benzene rings is 2. The Morgan fingerprint density at radius 3 is 2.39 bits per heavy atom. The van der Waals surface area contributed by atoms with Gasteiger partial charge in [-0.25, -0.2) is 17.8 Å². The topological polar surface area (TPSA) is 54.7 Å². The molecule has 2 heterocycles. The zero-order chi connectivity index (χ0) is 19.6. The van der Waals surface area contributed by atoms with E-state index in [2.05, 4.69) is 4.98 Å². The van der Waals surface area contributed by atoms with Crippen LogP contribution < -0.4 is 4.90 Å². The van der Waals surface area contributed by atoms with Gasteiger partial charge in [-0.3, -0.25) is 0 Å². The third-order valence-corrected chi connectivity index (χ3v) is 7.74. The number of piperazine rings is 1. The van der Waals surface area contributed by atoms with E-state index in [1.165, 1.54) is 17.0 Å². The number of thiazole rings is 1. The maximum absolute atomic E-state index is 13.1. The van der Waals surface area contributed by atoms with E-state index >= 15 is 0 Å². The first-order chi connectivity index (χ1) is 13.5. The molecule has 1 fully saturated rings. The van der Waals surface area contributed by atoms with Crippen molar-refractivity contribution in [3.63, 3.8) is 0 Å². The van der Waals surface area contributed by atoms with Crippen LogP contribution in [0.2, 0.25) is 0 Å². The normalized spacial score (nSPS) is 16.3. The highest BCUT2D eigenvalue weighted by molar-refractivity contribution is 7.89. The molecule has 4 rings (SSSR count). The monoisotopic (exact) mass is 418 g/mol. The summed E-state index contributed by atoms with van der Waals surface area (Å²) in [5, 5.41) is 2.90. The summed E-state index contributed by atoms with van der Waals surface area (Å²) in [7, 11) is -3.42. The van der Waals surface area contributed by atoms with Crippen LogP contribution in [0.5, 0.6) is 0 Å². The fourth-order valence-corrected chi connectivity index (χ4v) is 5.62. The van der Waals surface area contributed by atoms with E-state index in [0.29, 0.717) is 18.0 Å². The summed E-state index contributed by atoms with van der Waals surface area (Å²) in [6.07, 6.45) is 0. The lowest BCUT2D eigenvalue weighted by molar-refractivity contribution is -0.917. The molecule has 0 spiro atoms. The highest BCUT2D eigenvalue weighted by Gasteiger charge is 2.30. The summed E-state index contributed by atoms with van der Waals surface area (Å²) in [4.78, 5) is 6.33. The average Bonchev–Trinajstić information content (AvgIpc) is 3.18. The molecule has 5 nitrogen and oxygen atoms in total. The maximum Gasteiger partial charge on any atom is 0.243 e. The van der Waals surface area contributed by atoms with Crippen LogP contribution in [0.3, 0.4) is 0 Å². The number of sulfonamides is 1. The molecule has 3 aromatic rings. The first-order valence-electron chi connectivity index (χ1n) is 9.11. The van der Waals surface area contributed by atoms with E-state index in [-0.39, 0.29) is 5.82 Å². The second-order valence-corrected chi connectivity index (χ2v) is 9.59. The van der Waals surface area contributed by atoms with Crippen molar-refractivity contribution in [2.75, 3.05) is 26.2 Å². The van der Waals surface area contributed by atoms with E-state index in [1.54, 1.807) is 52.0 Å². The number of hydrogen-bond donors (Lipinski definition) is 1. The molecule has 1 aliphatic heterocycles. The van der Waals surface area contributed by atoms with Crippen LogP contribution in [0.4, 0.5) is 4.39 Å². The SMILES string of the molecule is O=S(=O)(c1ccccc1)N1CC[NH+](Cc2csc(-c3ccc(F)cc3)n2)CC1. The van der Waals surface area contributed by atoms with E-state index in [4.69, 9.17) is 0 Å². The van der Waals surface area contributed by atoms with Crippen molar-refractivity contribution in [1.29, 1.82) is 0 Å². The molecule has 0 atom stereocenters. The van der Waals surface area contributed by atoms with Crippen LogP contribution in [-0.4, -0.2) is 43.9 Å². The van der Waals surface area contributed by atoms with Crippen LogP contribution in [0.15, 0.2) is 64.9 Å². The van der Waals surface area contributed by atoms with Crippen molar-refractivity contribution in [1.82, 2.24) is 9.29 Å². The molecular formula is C20H21FN3O2S2+. The number of hydrogen-bond acceptors (Lipinski definition) is 4. The Bertz CT molecular complexity index is 1030. The van der Waals surface area contributed by atoms with Gasteiger partial charge in [0.25, 0.3) is 0 Å². The van der Waals surface area contributed by atoms with E-state index in [9.17, 15) is 12.8 Å². The standard InChI is InChI=1S/C20H20FN3O2S2/c21-17-8-6-16(7-9-17)20-22-18(15-27-20)14-23-10-12-24(13-11-23)28(25,26)19-4-2-1-3-5-19/h1-9,15H,10-14H2/p+1. The fourth-order valence-electron chi connectivity index (χ4n) is 3.33. The smallest absolute Gasteiger partial charge is 0.243 e. The molecule has 2 aromatic carbocycles. The van der Waals surface area contributed by atoms with Gasteiger partial charge < -0.3 is 4.90 Å². The molecule has 1 aromatic heterocycles. The third kappa shape index (κ3) is 4.15. The minimum absolute atomic E-state index is 0.256. The lowest BCUT2D eigenvalue weighted by Gasteiger charge is -2.31. The Balaban J connectivity index is 1.37. The lowest BCUT2D eigenvalue weighted by Crippen LogP contribution is -3.13. The molecule has 0 bridgehead atoms. The van der Waals surface area contributed by atoms with E-state index in [1.807, 2.05) is 11.4 Å². The van der Waals surface area contributed by atoms with Crippen LogP contribution in [0.1, 0.15) is 5.69 Å². The van der Waals surface area contributed by atoms with Crippen molar-refractivity contribution in [2.24, 2.45) is 0 Å². The minimum atomic E-state index is -3.42. The molecule has 0 unspecified atom stereocenters. The van der Waals surface area contributed by atoms with Gasteiger partial charge in [-0.1, -0.05) is 18.2 Å². The Kier molecular flexibility index (Phi) is 5.54. The third-order valence-electron chi connectivity index (χ3n) is 4.88. The molecule has 0 amide bonds. The summed E-state index contributed by atoms with van der Waals surface area (Å²) < 4.78 is 40.1. The largest absolute Gasteiger partial charge is 0.328 e. The highest BCUT2D eigenvalue weighted by Crippen LogP contribution is 2.23. The van der Waals surface area contributed by atoms with E-state index in [0.717, 1.165) is 35.9 Å². The first kappa shape index (κ1) is 19.2. The van der Waals surface area contributed by atoms with Crippen LogP contribution in [0, 0.1) is 5.82 Å². The lowest BCUT2D eigenvalue weighted by atomic mass is 10.2. The van der Waals surface area contributed by atoms with Gasteiger partial charge in [0.15, 0.2) is 0 Å². The maximum atomic E-state index is 13.1. The predicted molar refractivity (Wildman–Crippen MR) is 107 cm³/mol. The molecule has 0 saturated carbocycles. The number of quaternary nitrogens is 1. The number of nitrogens with one attached hydrogen (secondary N) is 1. The molecule has 1 N–H and O–H groups in total. The predicted octanol–water partition coefficient (Wildman–Crippen LogP) is 2.04. The summed E-state index contributed by atoms with van der Waals surface area (Å²) in [5.74, 6) is -0.256. The zero-order valence-corrected chi connectivity index (χ0v) is 16.8. The van der Waals surface area contributed by atoms with Crippen molar-refractivity contribution < 1.29 is 17.7 Å². The summed E-state index contributed by atoms with van der Waals surface area (Å²) in [5.41, 5.74) is 1.89. The van der Waals surface area contributed by atoms with Crippen molar-refractivity contribution in [3.8, 4) is 10.6 Å². The number of nitrogens with zero attached hydrogens (tertiary/aromatic N) is 2. The highest BCUT2D eigenvalue weighted by atomic mass is 32.2. The average molecular weight is 419 g/mol. The summed E-state index contributed by atoms with van der Waals surface area (Å²) in [6.45, 7) is 3.25. The first-order valence-corrected chi connectivity index (χ1v) is 11.4. The molecule has 1 saturated heterocycles. The van der Waals surface area contributed by atoms with Gasteiger partial charge in [0.2, 0.25) is 10.0 Å². The molecule has 146 valence electrons. The molecule has 1 aliphatic rings. The summed E-state index contributed by atoms with van der Waals surface area (Å²) in [6, 6.07) is 14.9. The van der Waals surface area contributed by atoms with Crippen molar-refractivity contribution in [2.45, 2.75) is 11.4 Å². The van der Waals surface area contributed by atoms with Gasteiger partial charge in [-0.05, 0) is 36.4 Å². The van der Waals surface area contributed by atoms with Crippen molar-refractivity contribution in [3.05, 3.63) is 71.5 Å². The van der Waals surface area contributed by atoms with E-state index < -0.39 is 10.0 Å². The Labute approximate surface area is 168 Å². The van der Waals surface area contributed by atoms with Crippen LogP contribution >= 0.6 is 11.3 Å². The van der Waals surface area contributed by atoms with Gasteiger partial charge >= 0.3 is 0 Å². The minimum Gasteiger partial charge on any atom is -0.328 e. The van der Waals surface area contributed by atoms with Gasteiger partial charge in [0, 0.05) is 10.9 Å². The quantitative estimate of drug-likeness (QED) is 0.690. The van der Waals surface area contributed by atoms with Gasteiger partial charge in [-0.2, -0.15) is 4.31 Å². The fraction of sp³-hybridized carbons (Fsp3) is 0.250.